The van der Waals surface area contributed by atoms with E-state index >= 15 is 0 Å². The molecule has 1 aromatic rings. The van der Waals surface area contributed by atoms with E-state index in [1.807, 2.05) is 17.5 Å². The third kappa shape index (κ3) is 3.61. The van der Waals surface area contributed by atoms with E-state index in [0.717, 1.165) is 24.8 Å². The number of hydrogen-bond acceptors (Lipinski definition) is 4. The molecule has 1 aromatic heterocycles. The minimum atomic E-state index is -0.950. The summed E-state index contributed by atoms with van der Waals surface area (Å²) in [5.41, 5.74) is 6.97. The normalized spacial score (nSPS) is 30.1. The number of aliphatic carboxylic acids is 1. The lowest BCUT2D eigenvalue weighted by molar-refractivity contribution is -0.148. The Morgan fingerprint density at radius 3 is 2.45 bits per heavy atom. The maximum atomic E-state index is 12.7. The number of fused-ring (bicyclic) bond motifs is 3. The van der Waals surface area contributed by atoms with E-state index in [1.165, 1.54) is 4.88 Å². The summed E-state index contributed by atoms with van der Waals surface area (Å²) in [5, 5.41) is 11.4. The number of rotatable bonds is 3. The number of hydrogen-bond donors (Lipinski definition) is 3. The number of carbonyl (C=O) groups excluding carboxylic acids is 2. The van der Waals surface area contributed by atoms with Crippen molar-refractivity contribution in [3.05, 3.63) is 33.5 Å². The minimum absolute atomic E-state index is 0.0683. The number of hydrazine groups is 1. The highest BCUT2D eigenvalue weighted by atomic mass is 32.1. The molecule has 3 N–H and O–H groups in total. The second kappa shape index (κ2) is 7.27. The molecule has 7 heteroatoms. The number of carboxylic acids is 1. The van der Waals surface area contributed by atoms with Crippen LogP contribution in [0.3, 0.4) is 0 Å². The Bertz CT molecular complexity index is 882. The average Bonchev–Trinajstić information content (AvgIpc) is 3.37. The molecule has 1 heterocycles. The van der Waals surface area contributed by atoms with Crippen molar-refractivity contribution in [2.24, 2.45) is 35.0 Å². The van der Waals surface area contributed by atoms with Crippen LogP contribution in [0.25, 0.3) is 0 Å². The zero-order valence-electron chi connectivity index (χ0n) is 17.0. The van der Waals surface area contributed by atoms with Crippen LogP contribution in [0.2, 0.25) is 0 Å². The topological polar surface area (TPSA) is 95.5 Å². The van der Waals surface area contributed by atoms with Crippen molar-refractivity contribution in [3.63, 3.8) is 0 Å². The molecule has 3 aliphatic rings. The molecule has 0 aromatic carbocycles. The van der Waals surface area contributed by atoms with Crippen molar-refractivity contribution < 1.29 is 19.5 Å². The van der Waals surface area contributed by atoms with E-state index in [4.69, 9.17) is 0 Å². The first-order valence-electron chi connectivity index (χ1n) is 10.3. The van der Waals surface area contributed by atoms with E-state index in [2.05, 4.69) is 31.6 Å². The molecule has 156 valence electrons. The van der Waals surface area contributed by atoms with Crippen LogP contribution in [0.15, 0.2) is 17.5 Å². The van der Waals surface area contributed by atoms with Gasteiger partial charge in [-0.05, 0) is 54.4 Å². The number of carboxylic acid groups (broad SMARTS) is 1. The smallest absolute Gasteiger partial charge is 0.307 e. The van der Waals surface area contributed by atoms with Gasteiger partial charge in [0.25, 0.3) is 5.91 Å². The fraction of sp³-hybridized carbons (Fsp3) is 0.591. The van der Waals surface area contributed by atoms with Gasteiger partial charge >= 0.3 is 5.97 Å². The second-order valence-corrected chi connectivity index (χ2v) is 10.6. The Morgan fingerprint density at radius 2 is 1.79 bits per heavy atom. The van der Waals surface area contributed by atoms with Crippen molar-refractivity contribution >= 4 is 29.1 Å². The van der Waals surface area contributed by atoms with Gasteiger partial charge in [0.15, 0.2) is 0 Å². The summed E-state index contributed by atoms with van der Waals surface area (Å²) in [6, 6.07) is 0. The molecule has 2 bridgehead atoms. The summed E-state index contributed by atoms with van der Waals surface area (Å²) >= 11 is 1.61. The van der Waals surface area contributed by atoms with E-state index < -0.39 is 23.7 Å². The molecule has 3 aliphatic carbocycles. The molecule has 0 saturated heterocycles. The van der Waals surface area contributed by atoms with E-state index in [9.17, 15) is 19.5 Å². The van der Waals surface area contributed by atoms with Crippen molar-refractivity contribution in [1.82, 2.24) is 10.9 Å². The highest BCUT2D eigenvalue weighted by Crippen LogP contribution is 2.48. The SMILES string of the molecule is CC(C)(C)[C@@H]1CCc2c(C(=O)NNC(=O)[C@H]3[C@@H](C(=O)O)[C@H]4C=C[C@H]3C4)csc2C1. The first kappa shape index (κ1) is 20.1. The van der Waals surface area contributed by atoms with Crippen molar-refractivity contribution in [2.45, 2.75) is 46.5 Å². The van der Waals surface area contributed by atoms with Gasteiger partial charge in [0, 0.05) is 10.3 Å². The molecule has 4 rings (SSSR count). The number of allylic oxidation sites excluding steroid dienone is 2. The number of carbonyl (C=O) groups is 3. The molecule has 1 saturated carbocycles. The predicted molar refractivity (Wildman–Crippen MR) is 110 cm³/mol. The van der Waals surface area contributed by atoms with Crippen LogP contribution < -0.4 is 10.9 Å². The number of thiophene rings is 1. The fourth-order valence-corrected chi connectivity index (χ4v) is 6.39. The Hall–Kier alpha value is -2.15. The lowest BCUT2D eigenvalue weighted by atomic mass is 9.72. The predicted octanol–water partition coefficient (Wildman–Crippen LogP) is 3.18. The monoisotopic (exact) mass is 416 g/mol. The van der Waals surface area contributed by atoms with Gasteiger partial charge in [-0.2, -0.15) is 0 Å². The zero-order chi connectivity index (χ0) is 20.9. The van der Waals surface area contributed by atoms with E-state index in [1.54, 1.807) is 11.3 Å². The van der Waals surface area contributed by atoms with Crippen LogP contribution in [-0.2, 0) is 22.4 Å². The summed E-state index contributed by atoms with van der Waals surface area (Å²) in [6.07, 6.45) is 7.43. The molecular weight excluding hydrogens is 388 g/mol. The summed E-state index contributed by atoms with van der Waals surface area (Å²) in [6.45, 7) is 6.78. The maximum absolute atomic E-state index is 12.7. The van der Waals surface area contributed by atoms with Gasteiger partial charge in [-0.25, -0.2) is 0 Å². The van der Waals surface area contributed by atoms with Crippen LogP contribution >= 0.6 is 11.3 Å². The lowest BCUT2D eigenvalue weighted by Crippen LogP contribution is -2.48. The largest absolute Gasteiger partial charge is 0.481 e. The first-order valence-corrected chi connectivity index (χ1v) is 11.2. The maximum Gasteiger partial charge on any atom is 0.307 e. The van der Waals surface area contributed by atoms with Crippen LogP contribution in [0.1, 0.15) is 54.4 Å². The average molecular weight is 417 g/mol. The van der Waals surface area contributed by atoms with Gasteiger partial charge in [-0.1, -0.05) is 32.9 Å². The fourth-order valence-electron chi connectivity index (χ4n) is 5.23. The van der Waals surface area contributed by atoms with Gasteiger partial charge in [0.1, 0.15) is 0 Å². The summed E-state index contributed by atoms with van der Waals surface area (Å²) in [7, 11) is 0. The molecule has 0 aliphatic heterocycles. The highest BCUT2D eigenvalue weighted by Gasteiger charge is 2.51. The third-order valence-electron chi connectivity index (χ3n) is 6.97. The molecule has 0 unspecified atom stereocenters. The molecule has 5 atom stereocenters. The molecule has 0 radical (unpaired) electrons. The van der Waals surface area contributed by atoms with Gasteiger partial charge in [-0.15, -0.1) is 11.3 Å². The van der Waals surface area contributed by atoms with Crippen LogP contribution in [-0.4, -0.2) is 22.9 Å². The van der Waals surface area contributed by atoms with Gasteiger partial charge in [-0.3, -0.25) is 25.2 Å². The standard InChI is InChI=1S/C22H28N2O4S/c1-22(2,3)13-6-7-14-15(10-29-16(14)9-13)19(25)23-24-20(26)17-11-4-5-12(8-11)18(17)21(27)28/h4-5,10-13,17-18H,6-9H2,1-3H3,(H,23,25)(H,24,26)(H,27,28)/t11-,12-,13+,17+,18-/m0/s1. The van der Waals surface area contributed by atoms with Gasteiger partial charge < -0.3 is 5.11 Å². The zero-order valence-corrected chi connectivity index (χ0v) is 17.8. The lowest BCUT2D eigenvalue weighted by Gasteiger charge is -2.34. The third-order valence-corrected chi connectivity index (χ3v) is 8.02. The van der Waals surface area contributed by atoms with E-state index in [-0.39, 0.29) is 23.2 Å². The molecule has 6 nitrogen and oxygen atoms in total. The Morgan fingerprint density at radius 1 is 1.10 bits per heavy atom. The molecule has 29 heavy (non-hydrogen) atoms. The number of amides is 2. The Labute approximate surface area is 174 Å². The molecule has 2 amide bonds. The molecule has 0 spiro atoms. The molecule has 1 fully saturated rings. The first-order chi connectivity index (χ1) is 13.7. The molecular formula is C22H28N2O4S. The minimum Gasteiger partial charge on any atom is -0.481 e. The van der Waals surface area contributed by atoms with E-state index in [0.29, 0.717) is 17.9 Å². The highest BCUT2D eigenvalue weighted by molar-refractivity contribution is 7.10. The number of nitrogens with one attached hydrogen (secondary N) is 2. The second-order valence-electron chi connectivity index (χ2n) is 9.64. The van der Waals surface area contributed by atoms with Crippen LogP contribution in [0, 0.1) is 35.0 Å². The summed E-state index contributed by atoms with van der Waals surface area (Å²) in [5.74, 6) is -2.60. The summed E-state index contributed by atoms with van der Waals surface area (Å²) in [4.78, 5) is 38.2. The quantitative estimate of drug-likeness (QED) is 0.521. The Kier molecular flexibility index (Phi) is 5.05. The van der Waals surface area contributed by atoms with Gasteiger partial charge in [0.05, 0.1) is 17.4 Å². The van der Waals surface area contributed by atoms with Crippen LogP contribution in [0.4, 0.5) is 0 Å². The summed E-state index contributed by atoms with van der Waals surface area (Å²) < 4.78 is 0. The van der Waals surface area contributed by atoms with Crippen LogP contribution in [0.5, 0.6) is 0 Å². The van der Waals surface area contributed by atoms with Crippen molar-refractivity contribution in [3.8, 4) is 0 Å². The van der Waals surface area contributed by atoms with Crippen molar-refractivity contribution in [1.29, 1.82) is 0 Å². The van der Waals surface area contributed by atoms with Crippen molar-refractivity contribution in [2.75, 3.05) is 0 Å². The Balaban J connectivity index is 1.40. The van der Waals surface area contributed by atoms with Gasteiger partial charge in [0.2, 0.25) is 5.91 Å².